The lowest BCUT2D eigenvalue weighted by molar-refractivity contribution is 0.242. The van der Waals surface area contributed by atoms with Crippen LogP contribution in [0.3, 0.4) is 0 Å². The second-order valence-electron chi connectivity index (χ2n) is 8.59. The molecule has 216 valence electrons. The molecular formula is C26H40O10S2. The second kappa shape index (κ2) is 17.4. The molecule has 0 aromatic heterocycles. The highest BCUT2D eigenvalue weighted by atomic mass is 32.2. The predicted molar refractivity (Wildman–Crippen MR) is 146 cm³/mol. The summed E-state index contributed by atoms with van der Waals surface area (Å²) >= 11 is 0. The van der Waals surface area contributed by atoms with Crippen LogP contribution in [0.2, 0.25) is 0 Å². The quantitative estimate of drug-likeness (QED) is 0.286. The van der Waals surface area contributed by atoms with E-state index in [0.29, 0.717) is 31.4 Å². The Hall–Kier alpha value is -2.22. The summed E-state index contributed by atoms with van der Waals surface area (Å²) in [5.41, 5.74) is 2.07. The molecule has 0 heterocycles. The fraction of sp³-hybridized carbons (Fsp3) is 0.538. The molecule has 0 spiro atoms. The van der Waals surface area contributed by atoms with E-state index in [1.165, 1.54) is 0 Å². The van der Waals surface area contributed by atoms with Crippen LogP contribution in [-0.2, 0) is 28.6 Å². The zero-order chi connectivity index (χ0) is 28.6. The molecule has 0 fully saturated rings. The first-order valence-electron chi connectivity index (χ1n) is 12.1. The first-order valence-corrected chi connectivity index (χ1v) is 15.7. The van der Waals surface area contributed by atoms with Gasteiger partial charge in [-0.1, -0.05) is 24.3 Å². The summed E-state index contributed by atoms with van der Waals surface area (Å²) < 4.78 is 63.8. The van der Waals surface area contributed by atoms with Gasteiger partial charge in [-0.05, 0) is 72.9 Å². The first-order chi connectivity index (χ1) is 17.9. The summed E-state index contributed by atoms with van der Waals surface area (Å²) in [5.74, 6) is 1.66. The highest BCUT2D eigenvalue weighted by Crippen LogP contribution is 2.26. The number of ether oxygens (including phenoxy) is 2. The average Bonchev–Trinajstić information content (AvgIpc) is 2.87. The number of rotatable bonds is 16. The van der Waals surface area contributed by atoms with Crippen LogP contribution in [0.5, 0.6) is 11.5 Å². The van der Waals surface area contributed by atoms with E-state index in [4.69, 9.17) is 28.1 Å². The van der Waals surface area contributed by atoms with Crippen LogP contribution in [0, 0.1) is 0 Å². The summed E-state index contributed by atoms with van der Waals surface area (Å²) in [7, 11) is -3.81. The van der Waals surface area contributed by atoms with E-state index < -0.39 is 20.2 Å². The number of hydrogen-bond donors (Lipinski definition) is 2. The maximum absolute atomic E-state index is 11.0. The van der Waals surface area contributed by atoms with Gasteiger partial charge in [-0.25, -0.2) is 0 Å². The van der Waals surface area contributed by atoms with Crippen LogP contribution in [0.1, 0.15) is 48.6 Å². The standard InChI is InChI=1S/C14H22O7S2.C12H18O3/c1-19-14-6-4-12(5-7-14)13(8-10-20-22(2,15)16)9-11-21-23(3,17)18;1-15-12-4-2-10(3-5-12)11(6-8-13)7-9-14/h4-7,13H,8-11H2,1-3H3;2-5,11,13-14H,6-9H2,1H3. The van der Waals surface area contributed by atoms with Gasteiger partial charge in [-0.15, -0.1) is 0 Å². The van der Waals surface area contributed by atoms with Crippen LogP contribution in [0.4, 0.5) is 0 Å². The van der Waals surface area contributed by atoms with Crippen molar-refractivity contribution < 1.29 is 44.9 Å². The molecule has 0 aliphatic heterocycles. The summed E-state index contributed by atoms with van der Waals surface area (Å²) in [6.07, 6.45) is 4.20. The van der Waals surface area contributed by atoms with Gasteiger partial charge >= 0.3 is 0 Å². The number of hydrogen-bond acceptors (Lipinski definition) is 10. The van der Waals surface area contributed by atoms with Crippen LogP contribution in [0.25, 0.3) is 0 Å². The maximum Gasteiger partial charge on any atom is 0.264 e. The van der Waals surface area contributed by atoms with Gasteiger partial charge < -0.3 is 19.7 Å². The lowest BCUT2D eigenvalue weighted by Crippen LogP contribution is -2.12. The number of benzene rings is 2. The molecule has 2 aromatic carbocycles. The largest absolute Gasteiger partial charge is 0.497 e. The number of aliphatic hydroxyl groups is 2. The molecule has 0 amide bonds. The molecule has 0 bridgehead atoms. The fourth-order valence-corrected chi connectivity index (χ4v) is 4.50. The molecule has 0 unspecified atom stereocenters. The summed E-state index contributed by atoms with van der Waals surface area (Å²) in [5, 5.41) is 17.8. The van der Waals surface area contributed by atoms with Crippen LogP contribution >= 0.6 is 0 Å². The van der Waals surface area contributed by atoms with E-state index in [9.17, 15) is 16.8 Å². The van der Waals surface area contributed by atoms with E-state index in [0.717, 1.165) is 29.4 Å². The lowest BCUT2D eigenvalue weighted by atomic mass is 9.93. The summed E-state index contributed by atoms with van der Waals surface area (Å²) in [6, 6.07) is 15.0. The first kappa shape index (κ1) is 33.8. The summed E-state index contributed by atoms with van der Waals surface area (Å²) in [6.45, 7) is 0.343. The minimum Gasteiger partial charge on any atom is -0.497 e. The molecule has 0 saturated carbocycles. The van der Waals surface area contributed by atoms with Gasteiger partial charge in [0.1, 0.15) is 11.5 Å². The van der Waals surface area contributed by atoms with Crippen molar-refractivity contribution >= 4 is 20.2 Å². The molecule has 2 aromatic rings. The van der Waals surface area contributed by atoms with Crippen molar-refractivity contribution in [3.63, 3.8) is 0 Å². The minimum atomic E-state index is -3.50. The van der Waals surface area contributed by atoms with Crippen LogP contribution < -0.4 is 9.47 Å². The highest BCUT2D eigenvalue weighted by Gasteiger charge is 2.15. The Morgan fingerprint density at radius 1 is 0.605 bits per heavy atom. The van der Waals surface area contributed by atoms with Gasteiger partial charge in [0.25, 0.3) is 20.2 Å². The predicted octanol–water partition coefficient (Wildman–Crippen LogP) is 3.06. The molecule has 0 aliphatic carbocycles. The molecule has 0 aliphatic rings. The Balaban J connectivity index is 0.000000415. The smallest absolute Gasteiger partial charge is 0.264 e. The zero-order valence-corrected chi connectivity index (χ0v) is 24.0. The van der Waals surface area contributed by atoms with E-state index in [2.05, 4.69) is 0 Å². The highest BCUT2D eigenvalue weighted by molar-refractivity contribution is 7.86. The van der Waals surface area contributed by atoms with E-state index >= 15 is 0 Å². The Morgan fingerprint density at radius 3 is 1.18 bits per heavy atom. The second-order valence-corrected chi connectivity index (χ2v) is 11.9. The zero-order valence-electron chi connectivity index (χ0n) is 22.4. The van der Waals surface area contributed by atoms with Crippen LogP contribution in [-0.4, -0.2) is 80.2 Å². The Labute approximate surface area is 226 Å². The van der Waals surface area contributed by atoms with Gasteiger partial charge in [0, 0.05) is 13.2 Å². The van der Waals surface area contributed by atoms with Crippen molar-refractivity contribution in [1.82, 2.24) is 0 Å². The van der Waals surface area contributed by atoms with Crippen molar-refractivity contribution in [3.8, 4) is 11.5 Å². The third-order valence-electron chi connectivity index (χ3n) is 5.66. The third-order valence-corrected chi connectivity index (χ3v) is 6.85. The fourth-order valence-electron chi connectivity index (χ4n) is 3.70. The average molecular weight is 577 g/mol. The lowest BCUT2D eigenvalue weighted by Gasteiger charge is -2.17. The Kier molecular flexibility index (Phi) is 15.5. The molecule has 12 heteroatoms. The topological polar surface area (TPSA) is 146 Å². The molecule has 10 nitrogen and oxygen atoms in total. The number of methoxy groups -OCH3 is 2. The Bertz CT molecular complexity index is 1070. The molecule has 38 heavy (non-hydrogen) atoms. The van der Waals surface area contributed by atoms with Gasteiger partial charge in [0.05, 0.1) is 39.9 Å². The minimum absolute atomic E-state index is 0.0222. The normalized spacial score (nSPS) is 11.8. The number of aliphatic hydroxyl groups excluding tert-OH is 2. The molecule has 2 rings (SSSR count). The SMILES string of the molecule is COc1ccc(C(CCO)CCO)cc1.COc1ccc(C(CCOS(C)(=O)=O)CCOS(C)(=O)=O)cc1. The van der Waals surface area contributed by atoms with Crippen molar-refractivity contribution in [1.29, 1.82) is 0 Å². The molecule has 0 saturated heterocycles. The molecular weight excluding hydrogens is 536 g/mol. The molecule has 0 atom stereocenters. The van der Waals surface area contributed by atoms with Crippen molar-refractivity contribution in [2.45, 2.75) is 37.5 Å². The molecule has 2 N–H and O–H groups in total. The van der Waals surface area contributed by atoms with Gasteiger partial charge in [-0.3, -0.25) is 8.37 Å². The van der Waals surface area contributed by atoms with Crippen LogP contribution in [0.15, 0.2) is 48.5 Å². The van der Waals surface area contributed by atoms with Gasteiger partial charge in [-0.2, -0.15) is 16.8 Å². The monoisotopic (exact) mass is 576 g/mol. The maximum atomic E-state index is 11.0. The van der Waals surface area contributed by atoms with Gasteiger partial charge in [0.2, 0.25) is 0 Å². The Morgan fingerprint density at radius 2 is 0.921 bits per heavy atom. The van der Waals surface area contributed by atoms with Gasteiger partial charge in [0.15, 0.2) is 0 Å². The van der Waals surface area contributed by atoms with E-state index in [1.807, 2.05) is 36.4 Å². The van der Waals surface area contributed by atoms with Crippen molar-refractivity contribution in [3.05, 3.63) is 59.7 Å². The van der Waals surface area contributed by atoms with Crippen molar-refractivity contribution in [2.24, 2.45) is 0 Å². The molecule has 0 radical (unpaired) electrons. The van der Waals surface area contributed by atoms with E-state index in [1.54, 1.807) is 26.4 Å². The van der Waals surface area contributed by atoms with Crippen molar-refractivity contribution in [2.75, 3.05) is 53.2 Å². The summed E-state index contributed by atoms with van der Waals surface area (Å²) in [4.78, 5) is 0. The van der Waals surface area contributed by atoms with E-state index in [-0.39, 0.29) is 38.3 Å². The third kappa shape index (κ3) is 14.6.